The number of oxazole rings is 1. The molecule has 1 aromatic heterocycles. The van der Waals surface area contributed by atoms with Gasteiger partial charge in [-0.25, -0.2) is 18.2 Å². The highest BCUT2D eigenvalue weighted by atomic mass is 35.7. The number of rotatable bonds is 3. The first-order valence-corrected chi connectivity index (χ1v) is 8.85. The van der Waals surface area contributed by atoms with Gasteiger partial charge in [-0.3, -0.25) is 0 Å². The van der Waals surface area contributed by atoms with Crippen molar-refractivity contribution in [2.24, 2.45) is 0 Å². The fourth-order valence-electron chi connectivity index (χ4n) is 2.00. The van der Waals surface area contributed by atoms with Gasteiger partial charge in [0.2, 0.25) is 9.05 Å². The van der Waals surface area contributed by atoms with Crippen LogP contribution in [-0.2, 0) is 19.5 Å². The fourth-order valence-corrected chi connectivity index (χ4v) is 2.86. The molecule has 0 unspecified atom stereocenters. The zero-order valence-corrected chi connectivity index (χ0v) is 13.6. The van der Waals surface area contributed by atoms with E-state index in [2.05, 4.69) is 4.98 Å². The van der Waals surface area contributed by atoms with Crippen LogP contribution in [0.5, 0.6) is 0 Å². The third kappa shape index (κ3) is 4.34. The standard InChI is InChI=1S/C12H17ClN2O5S/c1-12(2,3)20-11(16)15-4-8(5-15)10-9(14-7-19-10)6-21(13,17)18/h7-8H,4-6H2,1-3H3. The molecule has 118 valence electrons. The SMILES string of the molecule is CC(C)(C)OC(=O)N1CC(c2ocnc2CS(=O)(=O)Cl)C1. The van der Waals surface area contributed by atoms with Gasteiger partial charge in [-0.1, -0.05) is 0 Å². The fraction of sp³-hybridized carbons (Fsp3) is 0.667. The van der Waals surface area contributed by atoms with Gasteiger partial charge in [-0.15, -0.1) is 0 Å². The van der Waals surface area contributed by atoms with Gasteiger partial charge in [0.25, 0.3) is 0 Å². The molecule has 0 saturated carbocycles. The minimum Gasteiger partial charge on any atom is -0.448 e. The van der Waals surface area contributed by atoms with Crippen molar-refractivity contribution >= 4 is 25.8 Å². The van der Waals surface area contributed by atoms with Crippen molar-refractivity contribution in [3.8, 4) is 0 Å². The lowest BCUT2D eigenvalue weighted by Gasteiger charge is -2.38. The van der Waals surface area contributed by atoms with Crippen molar-refractivity contribution in [3.05, 3.63) is 17.8 Å². The second-order valence-electron chi connectivity index (χ2n) is 5.93. The average Bonchev–Trinajstić information content (AvgIpc) is 2.58. The Bertz CT molecular complexity index is 628. The van der Waals surface area contributed by atoms with Crippen molar-refractivity contribution < 1.29 is 22.4 Å². The number of likely N-dealkylation sites (tertiary alicyclic amines) is 1. The highest BCUT2D eigenvalue weighted by molar-refractivity contribution is 8.13. The number of carbonyl (C=O) groups excluding carboxylic acids is 1. The topological polar surface area (TPSA) is 89.7 Å². The molecular weight excluding hydrogens is 320 g/mol. The number of hydrogen-bond acceptors (Lipinski definition) is 6. The Morgan fingerprint density at radius 2 is 2.14 bits per heavy atom. The second-order valence-corrected chi connectivity index (χ2v) is 8.71. The van der Waals surface area contributed by atoms with E-state index in [9.17, 15) is 13.2 Å². The van der Waals surface area contributed by atoms with E-state index < -0.39 is 20.7 Å². The van der Waals surface area contributed by atoms with Crippen LogP contribution in [0.3, 0.4) is 0 Å². The number of hydrogen-bond donors (Lipinski definition) is 0. The summed E-state index contributed by atoms with van der Waals surface area (Å²) in [4.78, 5) is 17.2. The van der Waals surface area contributed by atoms with Gasteiger partial charge in [0, 0.05) is 23.8 Å². The van der Waals surface area contributed by atoms with E-state index in [1.54, 1.807) is 20.8 Å². The van der Waals surface area contributed by atoms with Gasteiger partial charge in [-0.05, 0) is 20.8 Å². The molecule has 1 aliphatic heterocycles. The van der Waals surface area contributed by atoms with Gasteiger partial charge in [-0.2, -0.15) is 0 Å². The summed E-state index contributed by atoms with van der Waals surface area (Å²) in [5.74, 6) is -0.0176. The largest absolute Gasteiger partial charge is 0.448 e. The van der Waals surface area contributed by atoms with Crippen molar-refractivity contribution in [1.82, 2.24) is 9.88 Å². The molecule has 1 amide bonds. The Balaban J connectivity index is 1.96. The monoisotopic (exact) mass is 336 g/mol. The van der Waals surface area contributed by atoms with Crippen molar-refractivity contribution in [3.63, 3.8) is 0 Å². The summed E-state index contributed by atoms with van der Waals surface area (Å²) in [5.41, 5.74) is -0.259. The van der Waals surface area contributed by atoms with Crippen LogP contribution in [0.15, 0.2) is 10.8 Å². The normalized spacial score (nSPS) is 16.7. The van der Waals surface area contributed by atoms with E-state index in [0.717, 1.165) is 0 Å². The number of aromatic nitrogens is 1. The van der Waals surface area contributed by atoms with Crippen LogP contribution in [-0.4, -0.2) is 43.1 Å². The van der Waals surface area contributed by atoms with Gasteiger partial charge in [0.1, 0.15) is 17.1 Å². The molecular formula is C12H17ClN2O5S. The lowest BCUT2D eigenvalue weighted by atomic mass is 9.96. The molecule has 2 rings (SSSR count). The number of halogens is 1. The van der Waals surface area contributed by atoms with E-state index in [1.807, 2.05) is 0 Å². The summed E-state index contributed by atoms with van der Waals surface area (Å²) in [6.45, 7) is 6.19. The highest BCUT2D eigenvalue weighted by Crippen LogP contribution is 2.31. The Morgan fingerprint density at radius 1 is 1.52 bits per heavy atom. The van der Waals surface area contributed by atoms with Gasteiger partial charge in [0.05, 0.1) is 11.6 Å². The molecule has 0 radical (unpaired) electrons. The second kappa shape index (κ2) is 5.49. The molecule has 2 heterocycles. The average molecular weight is 337 g/mol. The van der Waals surface area contributed by atoms with Crippen LogP contribution in [0.2, 0.25) is 0 Å². The van der Waals surface area contributed by atoms with Gasteiger partial charge in [0.15, 0.2) is 6.39 Å². The van der Waals surface area contributed by atoms with Crippen molar-refractivity contribution in [1.29, 1.82) is 0 Å². The molecule has 0 N–H and O–H groups in total. The van der Waals surface area contributed by atoms with Crippen LogP contribution in [0.1, 0.15) is 38.1 Å². The third-order valence-electron chi connectivity index (χ3n) is 2.89. The molecule has 1 fully saturated rings. The number of ether oxygens (including phenoxy) is 1. The van der Waals surface area contributed by atoms with E-state index in [1.165, 1.54) is 11.3 Å². The predicted octanol–water partition coefficient (Wildman–Crippen LogP) is 2.08. The molecule has 1 aliphatic rings. The van der Waals surface area contributed by atoms with Gasteiger partial charge < -0.3 is 14.1 Å². The lowest BCUT2D eigenvalue weighted by molar-refractivity contribution is 0.00643. The smallest absolute Gasteiger partial charge is 0.410 e. The molecule has 0 atom stereocenters. The first-order chi connectivity index (χ1) is 9.55. The Hall–Kier alpha value is -1.28. The molecule has 1 aromatic rings. The molecule has 0 spiro atoms. The molecule has 1 saturated heterocycles. The van der Waals surface area contributed by atoms with E-state index >= 15 is 0 Å². The van der Waals surface area contributed by atoms with Crippen LogP contribution in [0.25, 0.3) is 0 Å². The summed E-state index contributed by atoms with van der Waals surface area (Å²) in [7, 11) is 1.52. The number of carbonyl (C=O) groups is 1. The minimum atomic E-state index is -3.70. The molecule has 21 heavy (non-hydrogen) atoms. The molecule has 0 aromatic carbocycles. The number of amides is 1. The lowest BCUT2D eigenvalue weighted by Crippen LogP contribution is -2.50. The van der Waals surface area contributed by atoms with Crippen LogP contribution >= 0.6 is 10.7 Å². The zero-order valence-electron chi connectivity index (χ0n) is 12.0. The van der Waals surface area contributed by atoms with Crippen LogP contribution in [0, 0.1) is 0 Å². The van der Waals surface area contributed by atoms with Gasteiger partial charge >= 0.3 is 6.09 Å². The molecule has 0 bridgehead atoms. The summed E-state index contributed by atoms with van der Waals surface area (Å²) < 4.78 is 32.7. The van der Waals surface area contributed by atoms with E-state index in [0.29, 0.717) is 24.5 Å². The van der Waals surface area contributed by atoms with Crippen molar-refractivity contribution in [2.75, 3.05) is 13.1 Å². The first-order valence-electron chi connectivity index (χ1n) is 6.38. The summed E-state index contributed by atoms with van der Waals surface area (Å²) in [5, 5.41) is 0. The molecule has 9 heteroatoms. The maximum atomic E-state index is 11.8. The minimum absolute atomic E-state index is 0.0894. The van der Waals surface area contributed by atoms with Crippen LogP contribution < -0.4 is 0 Å². The number of nitrogens with zero attached hydrogens (tertiary/aromatic N) is 2. The molecule has 7 nitrogen and oxygen atoms in total. The Labute approximate surface area is 127 Å². The zero-order chi connectivity index (χ0) is 15.8. The Morgan fingerprint density at radius 3 is 2.67 bits per heavy atom. The first kappa shape index (κ1) is 16.1. The maximum absolute atomic E-state index is 11.8. The third-order valence-corrected chi connectivity index (χ3v) is 3.83. The Kier molecular flexibility index (Phi) is 4.21. The van der Waals surface area contributed by atoms with E-state index in [-0.39, 0.29) is 11.7 Å². The van der Waals surface area contributed by atoms with Crippen LogP contribution in [0.4, 0.5) is 4.79 Å². The maximum Gasteiger partial charge on any atom is 0.410 e. The van der Waals surface area contributed by atoms with Crippen molar-refractivity contribution in [2.45, 2.75) is 38.0 Å². The summed E-state index contributed by atoms with van der Waals surface area (Å²) in [6.07, 6.45) is 0.785. The quantitative estimate of drug-likeness (QED) is 0.785. The van der Waals surface area contributed by atoms with E-state index in [4.69, 9.17) is 19.8 Å². The summed E-state index contributed by atoms with van der Waals surface area (Å²) >= 11 is 0. The highest BCUT2D eigenvalue weighted by Gasteiger charge is 2.38. The summed E-state index contributed by atoms with van der Waals surface area (Å²) in [6, 6.07) is 0. The predicted molar refractivity (Wildman–Crippen MR) is 75.5 cm³/mol. The molecule has 0 aliphatic carbocycles.